The predicted octanol–water partition coefficient (Wildman–Crippen LogP) is 4.30. The molecule has 0 unspecified atom stereocenters. The molecule has 0 atom stereocenters. The molecule has 0 aliphatic carbocycles. The normalized spacial score (nSPS) is 15.8. The molecule has 2 amide bonds. The van der Waals surface area contributed by atoms with Crippen LogP contribution in [0.4, 0.5) is 4.79 Å². The Morgan fingerprint density at radius 3 is 2.72 bits per heavy atom. The first-order valence-electron chi connectivity index (χ1n) is 7.69. The maximum absolute atomic E-state index is 12.3. The lowest BCUT2D eigenvalue weighted by Crippen LogP contribution is -2.28. The zero-order valence-corrected chi connectivity index (χ0v) is 16.6. The molecule has 0 N–H and O–H groups in total. The fraction of sp³-hybridized carbons (Fsp3) is 0.333. The quantitative estimate of drug-likeness (QED) is 0.504. The molecular formula is C18H18BrNO4S. The van der Waals surface area contributed by atoms with Gasteiger partial charge in [-0.25, -0.2) is 0 Å². The van der Waals surface area contributed by atoms with Gasteiger partial charge in [-0.15, -0.1) is 6.42 Å². The average Bonchev–Trinajstić information content (AvgIpc) is 2.79. The van der Waals surface area contributed by atoms with E-state index in [1.54, 1.807) is 12.1 Å². The van der Waals surface area contributed by atoms with Crippen molar-refractivity contribution in [3.05, 3.63) is 27.1 Å². The Hall–Kier alpha value is -1.91. The van der Waals surface area contributed by atoms with Crippen LogP contribution in [0.15, 0.2) is 21.5 Å². The summed E-state index contributed by atoms with van der Waals surface area (Å²) in [4.78, 5) is 25.5. The number of thioether (sulfide) groups is 1. The summed E-state index contributed by atoms with van der Waals surface area (Å²) in [5.41, 5.74) is 0.720. The summed E-state index contributed by atoms with van der Waals surface area (Å²) in [6, 6.07) is 3.59. The van der Waals surface area contributed by atoms with Gasteiger partial charge in [-0.2, -0.15) is 0 Å². The molecule has 0 radical (unpaired) electrons. The smallest absolute Gasteiger partial charge is 0.294 e. The third kappa shape index (κ3) is 4.59. The van der Waals surface area contributed by atoms with Gasteiger partial charge < -0.3 is 9.47 Å². The number of rotatable bonds is 6. The molecule has 2 rings (SSSR count). The van der Waals surface area contributed by atoms with Crippen LogP contribution in [0.1, 0.15) is 26.3 Å². The van der Waals surface area contributed by atoms with Gasteiger partial charge in [-0.1, -0.05) is 5.92 Å². The highest BCUT2D eigenvalue weighted by molar-refractivity contribution is 9.10. The van der Waals surface area contributed by atoms with Gasteiger partial charge in [0, 0.05) is 0 Å². The Morgan fingerprint density at radius 2 is 2.12 bits per heavy atom. The van der Waals surface area contributed by atoms with E-state index in [0.717, 1.165) is 22.2 Å². The molecule has 1 aliphatic heterocycles. The van der Waals surface area contributed by atoms with Gasteiger partial charge in [-0.3, -0.25) is 14.5 Å². The summed E-state index contributed by atoms with van der Waals surface area (Å²) in [6.07, 6.45) is 6.83. The van der Waals surface area contributed by atoms with E-state index >= 15 is 0 Å². The molecule has 7 heteroatoms. The number of carbonyl (C=O) groups is 2. The topological polar surface area (TPSA) is 55.8 Å². The number of carbonyl (C=O) groups excluding carboxylic acids is 2. The van der Waals surface area contributed by atoms with Crippen LogP contribution in [0.25, 0.3) is 6.08 Å². The molecule has 1 aromatic carbocycles. The molecule has 1 fully saturated rings. The summed E-state index contributed by atoms with van der Waals surface area (Å²) in [5.74, 6) is 3.11. The van der Waals surface area contributed by atoms with Crippen molar-refractivity contribution in [1.82, 2.24) is 4.90 Å². The predicted molar refractivity (Wildman–Crippen MR) is 103 cm³/mol. The van der Waals surface area contributed by atoms with Crippen molar-refractivity contribution < 1.29 is 19.1 Å². The number of hydrogen-bond acceptors (Lipinski definition) is 5. The SMILES string of the molecule is C#CCN1C(=O)S/C(=C/c2cc(Br)c(OC(C)C)c(OCC)c2)C1=O. The minimum absolute atomic E-state index is 0.0124. The van der Waals surface area contributed by atoms with Gasteiger partial charge in [0.25, 0.3) is 11.1 Å². The highest BCUT2D eigenvalue weighted by atomic mass is 79.9. The molecule has 0 aromatic heterocycles. The van der Waals surface area contributed by atoms with Crippen LogP contribution >= 0.6 is 27.7 Å². The van der Waals surface area contributed by atoms with E-state index in [-0.39, 0.29) is 23.8 Å². The van der Waals surface area contributed by atoms with Gasteiger partial charge in [0.2, 0.25) is 0 Å². The second kappa shape index (κ2) is 8.45. The Bertz CT molecular complexity index is 767. The van der Waals surface area contributed by atoms with Gasteiger partial charge in [-0.05, 0) is 72.2 Å². The van der Waals surface area contributed by atoms with Crippen LogP contribution in [0.5, 0.6) is 11.5 Å². The van der Waals surface area contributed by atoms with Crippen LogP contribution in [0, 0.1) is 12.3 Å². The molecule has 25 heavy (non-hydrogen) atoms. The Balaban J connectivity index is 2.39. The van der Waals surface area contributed by atoms with Crippen LogP contribution in [0.2, 0.25) is 0 Å². The maximum atomic E-state index is 12.3. The first-order chi connectivity index (χ1) is 11.9. The first-order valence-corrected chi connectivity index (χ1v) is 9.30. The van der Waals surface area contributed by atoms with Crippen molar-refractivity contribution in [2.45, 2.75) is 26.9 Å². The third-order valence-electron chi connectivity index (χ3n) is 3.11. The fourth-order valence-electron chi connectivity index (χ4n) is 2.16. The van der Waals surface area contributed by atoms with Gasteiger partial charge in [0.05, 0.1) is 28.6 Å². The number of halogens is 1. The van der Waals surface area contributed by atoms with Crippen LogP contribution in [-0.4, -0.2) is 35.3 Å². The van der Waals surface area contributed by atoms with Crippen molar-refractivity contribution in [2.24, 2.45) is 0 Å². The van der Waals surface area contributed by atoms with Crippen LogP contribution in [-0.2, 0) is 4.79 Å². The zero-order valence-electron chi connectivity index (χ0n) is 14.2. The highest BCUT2D eigenvalue weighted by Crippen LogP contribution is 2.39. The van der Waals surface area contributed by atoms with Crippen molar-refractivity contribution in [1.29, 1.82) is 0 Å². The Morgan fingerprint density at radius 1 is 1.40 bits per heavy atom. The molecule has 1 aliphatic rings. The molecule has 0 bridgehead atoms. The maximum Gasteiger partial charge on any atom is 0.294 e. The minimum Gasteiger partial charge on any atom is -0.490 e. The standard InChI is InChI=1S/C18H18BrNO4S/c1-5-7-20-17(21)15(25-18(20)22)10-12-8-13(19)16(24-11(3)4)14(9-12)23-6-2/h1,8-11H,6-7H2,2-4H3/b15-10+. The first kappa shape index (κ1) is 19.4. The molecule has 1 saturated heterocycles. The highest BCUT2D eigenvalue weighted by Gasteiger charge is 2.34. The van der Waals surface area contributed by atoms with Gasteiger partial charge in [0.1, 0.15) is 0 Å². The molecular weight excluding hydrogens is 406 g/mol. The van der Waals surface area contributed by atoms with E-state index in [1.165, 1.54) is 0 Å². The molecule has 0 spiro atoms. The largest absolute Gasteiger partial charge is 0.490 e. The van der Waals surface area contributed by atoms with Crippen molar-refractivity contribution in [3.63, 3.8) is 0 Å². The molecule has 132 valence electrons. The monoisotopic (exact) mass is 423 g/mol. The summed E-state index contributed by atoms with van der Waals surface area (Å²) < 4.78 is 12.2. The number of benzene rings is 1. The minimum atomic E-state index is -0.385. The number of ether oxygens (including phenoxy) is 2. The van der Waals surface area contributed by atoms with Crippen LogP contribution in [0.3, 0.4) is 0 Å². The zero-order chi connectivity index (χ0) is 18.6. The average molecular weight is 424 g/mol. The molecule has 0 saturated carbocycles. The van der Waals surface area contributed by atoms with E-state index in [2.05, 4.69) is 21.9 Å². The lowest BCUT2D eigenvalue weighted by atomic mass is 10.1. The van der Waals surface area contributed by atoms with Crippen molar-refractivity contribution in [3.8, 4) is 23.8 Å². The number of terminal acetylenes is 1. The van der Waals surface area contributed by atoms with E-state index in [1.807, 2.05) is 26.8 Å². The lowest BCUT2D eigenvalue weighted by Gasteiger charge is -2.17. The lowest BCUT2D eigenvalue weighted by molar-refractivity contribution is -0.122. The van der Waals surface area contributed by atoms with E-state index in [0.29, 0.717) is 27.5 Å². The van der Waals surface area contributed by atoms with E-state index in [4.69, 9.17) is 15.9 Å². The van der Waals surface area contributed by atoms with Gasteiger partial charge in [0.15, 0.2) is 11.5 Å². The number of hydrogen-bond donors (Lipinski definition) is 0. The second-order valence-corrected chi connectivity index (χ2v) is 7.25. The second-order valence-electron chi connectivity index (χ2n) is 5.40. The molecule has 1 heterocycles. The Labute approximate surface area is 159 Å². The summed E-state index contributed by atoms with van der Waals surface area (Å²) >= 11 is 4.35. The van der Waals surface area contributed by atoms with Crippen molar-refractivity contribution >= 4 is 44.9 Å². The number of amides is 2. The number of nitrogens with zero attached hydrogens (tertiary/aromatic N) is 1. The third-order valence-corrected chi connectivity index (χ3v) is 4.60. The van der Waals surface area contributed by atoms with E-state index in [9.17, 15) is 9.59 Å². The van der Waals surface area contributed by atoms with Crippen LogP contribution < -0.4 is 9.47 Å². The number of imide groups is 1. The Kier molecular flexibility index (Phi) is 6.57. The van der Waals surface area contributed by atoms with Gasteiger partial charge >= 0.3 is 0 Å². The molecule has 1 aromatic rings. The van der Waals surface area contributed by atoms with Crippen molar-refractivity contribution in [2.75, 3.05) is 13.2 Å². The summed E-state index contributed by atoms with van der Waals surface area (Å²) in [6.45, 7) is 6.18. The summed E-state index contributed by atoms with van der Waals surface area (Å²) in [5, 5.41) is -0.363. The fourth-order valence-corrected chi connectivity index (χ4v) is 3.55. The summed E-state index contributed by atoms with van der Waals surface area (Å²) in [7, 11) is 0. The molecule has 5 nitrogen and oxygen atoms in total. The van der Waals surface area contributed by atoms with E-state index < -0.39 is 0 Å².